The van der Waals surface area contributed by atoms with Gasteiger partial charge in [-0.05, 0) is 37.1 Å². The number of hydrogen-bond donors (Lipinski definition) is 3. The lowest BCUT2D eigenvalue weighted by Gasteiger charge is -2.16. The van der Waals surface area contributed by atoms with Crippen LogP contribution in [-0.4, -0.2) is 43.7 Å². The number of sulfonamides is 1. The van der Waals surface area contributed by atoms with Crippen molar-refractivity contribution in [3.05, 3.63) is 28.8 Å². The first-order valence-electron chi connectivity index (χ1n) is 5.83. The third kappa shape index (κ3) is 4.19. The van der Waals surface area contributed by atoms with E-state index in [-0.39, 0.29) is 16.0 Å². The maximum absolute atomic E-state index is 12.9. The van der Waals surface area contributed by atoms with E-state index >= 15 is 0 Å². The van der Waals surface area contributed by atoms with Crippen molar-refractivity contribution < 1.29 is 32.2 Å². The molecule has 0 unspecified atom stereocenters. The Kier molecular flexibility index (Phi) is 5.03. The summed E-state index contributed by atoms with van der Waals surface area (Å²) >= 11 is 0. The smallest absolute Gasteiger partial charge is 0.335 e. The summed E-state index contributed by atoms with van der Waals surface area (Å²) in [4.78, 5) is 10.6. The van der Waals surface area contributed by atoms with Gasteiger partial charge in [-0.1, -0.05) is 0 Å². The molecule has 118 valence electrons. The van der Waals surface area contributed by atoms with Crippen molar-refractivity contribution in [1.29, 1.82) is 0 Å². The highest BCUT2D eigenvalue weighted by Crippen LogP contribution is 2.22. The van der Waals surface area contributed by atoms with Gasteiger partial charge < -0.3 is 10.2 Å². The van der Waals surface area contributed by atoms with E-state index in [4.69, 9.17) is 10.2 Å². The zero-order chi connectivity index (χ0) is 16.4. The average Bonchev–Trinajstić information content (AvgIpc) is 2.39. The second kappa shape index (κ2) is 6.04. The Labute approximate surface area is 120 Å². The van der Waals surface area contributed by atoms with E-state index in [1.54, 1.807) is 4.72 Å². The summed E-state index contributed by atoms with van der Waals surface area (Å²) in [6.07, 6.45) is 0. The second-order valence-corrected chi connectivity index (χ2v) is 6.30. The van der Waals surface area contributed by atoms with Gasteiger partial charge in [-0.15, -0.1) is 0 Å². The Morgan fingerprint density at radius 1 is 1.33 bits per heavy atom. The van der Waals surface area contributed by atoms with Crippen molar-refractivity contribution in [2.45, 2.75) is 24.7 Å². The molecule has 0 aromatic heterocycles. The van der Waals surface area contributed by atoms with Crippen LogP contribution in [0.2, 0.25) is 0 Å². The number of aliphatic hydroxyl groups is 1. The van der Waals surface area contributed by atoms with E-state index < -0.39 is 35.1 Å². The fourth-order valence-corrected chi connectivity index (χ4v) is 2.97. The molecule has 0 atom stereocenters. The average molecular weight is 323 g/mol. The van der Waals surface area contributed by atoms with Gasteiger partial charge in [0, 0.05) is 0 Å². The molecule has 0 bridgehead atoms. The van der Waals surface area contributed by atoms with Crippen molar-refractivity contribution in [1.82, 2.24) is 4.72 Å². The number of carboxylic acid groups (broad SMARTS) is 1. The molecule has 21 heavy (non-hydrogen) atoms. The molecule has 0 saturated heterocycles. The van der Waals surface area contributed by atoms with Gasteiger partial charge in [0.25, 0.3) is 5.92 Å². The molecule has 0 amide bonds. The zero-order valence-electron chi connectivity index (χ0n) is 11.4. The topological polar surface area (TPSA) is 104 Å². The summed E-state index contributed by atoms with van der Waals surface area (Å²) in [7, 11) is -4.32. The van der Waals surface area contributed by atoms with Crippen molar-refractivity contribution in [2.75, 3.05) is 13.2 Å². The van der Waals surface area contributed by atoms with Gasteiger partial charge in [-0.25, -0.2) is 26.7 Å². The summed E-state index contributed by atoms with van der Waals surface area (Å²) in [5.74, 6) is -4.92. The maximum atomic E-state index is 12.9. The molecule has 1 aromatic carbocycles. The van der Waals surface area contributed by atoms with Crippen LogP contribution in [0.15, 0.2) is 17.0 Å². The number of carbonyl (C=O) groups is 1. The first kappa shape index (κ1) is 17.5. The number of rotatable bonds is 6. The third-order valence-electron chi connectivity index (χ3n) is 2.91. The minimum atomic E-state index is -4.32. The van der Waals surface area contributed by atoms with Crippen LogP contribution in [0.1, 0.15) is 21.5 Å². The molecule has 9 heteroatoms. The van der Waals surface area contributed by atoms with Gasteiger partial charge in [-0.2, -0.15) is 0 Å². The summed E-state index contributed by atoms with van der Waals surface area (Å²) in [6.45, 7) is 0.188. The van der Waals surface area contributed by atoms with Crippen molar-refractivity contribution in [3.8, 4) is 0 Å². The van der Waals surface area contributed by atoms with Gasteiger partial charge in [0.05, 0.1) is 17.0 Å². The predicted molar refractivity (Wildman–Crippen MR) is 70.1 cm³/mol. The van der Waals surface area contributed by atoms with Gasteiger partial charge in [0.2, 0.25) is 10.0 Å². The summed E-state index contributed by atoms with van der Waals surface area (Å²) in [5, 5.41) is 17.3. The molecule has 3 N–H and O–H groups in total. The Morgan fingerprint density at radius 2 is 1.90 bits per heavy atom. The lowest BCUT2D eigenvalue weighted by molar-refractivity contribution is -0.0437. The minimum Gasteiger partial charge on any atom is -0.478 e. The fourth-order valence-electron chi connectivity index (χ4n) is 1.56. The van der Waals surface area contributed by atoms with E-state index in [0.717, 1.165) is 6.07 Å². The van der Waals surface area contributed by atoms with Crippen LogP contribution in [0.5, 0.6) is 0 Å². The maximum Gasteiger partial charge on any atom is 0.335 e. The van der Waals surface area contributed by atoms with Crippen molar-refractivity contribution in [3.63, 3.8) is 0 Å². The highest BCUT2D eigenvalue weighted by Gasteiger charge is 2.31. The lowest BCUT2D eigenvalue weighted by Crippen LogP contribution is -2.39. The molecule has 1 aromatic rings. The SMILES string of the molecule is Cc1cc(C(=O)O)cc(S(=O)(=O)NCC(F)(F)CO)c1C. The highest BCUT2D eigenvalue weighted by molar-refractivity contribution is 7.89. The molecule has 6 nitrogen and oxygen atoms in total. The number of aliphatic hydroxyl groups excluding tert-OH is 1. The van der Waals surface area contributed by atoms with Gasteiger partial charge in [0.15, 0.2) is 0 Å². The molecular weight excluding hydrogens is 308 g/mol. The first-order chi connectivity index (χ1) is 9.50. The van der Waals surface area contributed by atoms with Gasteiger partial charge in [0.1, 0.15) is 6.61 Å². The standard InChI is InChI=1S/C12H15F2NO5S/c1-7-3-9(11(17)18)4-10(8(7)2)21(19,20)15-5-12(13,14)6-16/h3-4,15-16H,5-6H2,1-2H3,(H,17,18). The molecule has 0 aliphatic carbocycles. The number of benzene rings is 1. The van der Waals surface area contributed by atoms with Crippen LogP contribution in [0.25, 0.3) is 0 Å². The number of aryl methyl sites for hydroxylation is 1. The minimum absolute atomic E-state index is 0.257. The van der Waals surface area contributed by atoms with Crippen LogP contribution in [-0.2, 0) is 10.0 Å². The van der Waals surface area contributed by atoms with Crippen LogP contribution < -0.4 is 4.72 Å². The first-order valence-corrected chi connectivity index (χ1v) is 7.31. The van der Waals surface area contributed by atoms with Crippen LogP contribution >= 0.6 is 0 Å². The summed E-state index contributed by atoms with van der Waals surface area (Å²) < 4.78 is 51.5. The Hall–Kier alpha value is -1.58. The van der Waals surface area contributed by atoms with Crippen molar-refractivity contribution >= 4 is 16.0 Å². The number of aromatic carboxylic acids is 1. The molecular formula is C12H15F2NO5S. The lowest BCUT2D eigenvalue weighted by atomic mass is 10.1. The monoisotopic (exact) mass is 323 g/mol. The quantitative estimate of drug-likeness (QED) is 0.722. The second-order valence-electron chi connectivity index (χ2n) is 4.56. The van der Waals surface area contributed by atoms with Gasteiger partial charge >= 0.3 is 5.97 Å². The summed E-state index contributed by atoms with van der Waals surface area (Å²) in [6, 6.07) is 2.20. The fraction of sp³-hybridized carbons (Fsp3) is 0.417. The Morgan fingerprint density at radius 3 is 2.38 bits per heavy atom. The van der Waals surface area contributed by atoms with E-state index in [9.17, 15) is 22.0 Å². The molecule has 0 heterocycles. The molecule has 0 radical (unpaired) electrons. The number of alkyl halides is 2. The molecule has 0 aliphatic heterocycles. The number of carboxylic acids is 1. The third-order valence-corrected chi connectivity index (χ3v) is 4.44. The van der Waals surface area contributed by atoms with E-state index in [1.807, 2.05) is 0 Å². The largest absolute Gasteiger partial charge is 0.478 e. The molecule has 0 aliphatic rings. The number of halogens is 2. The number of nitrogens with one attached hydrogen (secondary N) is 1. The number of hydrogen-bond acceptors (Lipinski definition) is 4. The normalized spacial score (nSPS) is 12.4. The van der Waals surface area contributed by atoms with Gasteiger partial charge in [-0.3, -0.25) is 0 Å². The van der Waals surface area contributed by atoms with E-state index in [1.165, 1.54) is 19.9 Å². The van der Waals surface area contributed by atoms with E-state index in [0.29, 0.717) is 5.56 Å². The van der Waals surface area contributed by atoms with Crippen LogP contribution in [0.3, 0.4) is 0 Å². The van der Waals surface area contributed by atoms with E-state index in [2.05, 4.69) is 0 Å². The Balaban J connectivity index is 3.22. The molecule has 0 fully saturated rings. The van der Waals surface area contributed by atoms with Crippen molar-refractivity contribution in [2.24, 2.45) is 0 Å². The Bertz CT molecular complexity index is 658. The highest BCUT2D eigenvalue weighted by atomic mass is 32.2. The molecule has 0 saturated carbocycles. The molecule has 1 rings (SSSR count). The molecule has 0 spiro atoms. The van der Waals surface area contributed by atoms with Crippen LogP contribution in [0.4, 0.5) is 8.78 Å². The van der Waals surface area contributed by atoms with Crippen LogP contribution in [0, 0.1) is 13.8 Å². The predicted octanol–water partition coefficient (Wildman–Crippen LogP) is 0.908. The zero-order valence-corrected chi connectivity index (χ0v) is 12.2. The summed E-state index contributed by atoms with van der Waals surface area (Å²) in [5.41, 5.74) is 0.413.